The first-order chi connectivity index (χ1) is 11.6. The summed E-state index contributed by atoms with van der Waals surface area (Å²) in [6.45, 7) is 0. The molecule has 0 fully saturated rings. The van der Waals surface area contributed by atoms with Crippen LogP contribution < -0.4 is 5.36 Å². The second-order valence-corrected chi connectivity index (χ2v) is 5.91. The Hall–Kier alpha value is -2.43. The molecule has 0 spiro atoms. The molecule has 2 aromatic carbocycles. The molecule has 0 bridgehead atoms. The Bertz CT molecular complexity index is 916. The van der Waals surface area contributed by atoms with Crippen LogP contribution in [0.1, 0.15) is 5.56 Å². The van der Waals surface area contributed by atoms with Gasteiger partial charge in [-0.2, -0.15) is 5.10 Å². The van der Waals surface area contributed by atoms with E-state index in [-0.39, 0.29) is 12.3 Å². The summed E-state index contributed by atoms with van der Waals surface area (Å²) < 4.78 is 1.71. The number of carbonyl (C=O) groups excluding carboxylic acids is 1. The Morgan fingerprint density at radius 3 is 2.50 bits per heavy atom. The molecular formula is C18H13Cl2N3O. The molecule has 0 aliphatic rings. The SMILES string of the molecule is O=C(Cc1ccc(Cl)c(Cl)c1)/N=c1/ccn(-c2ccccc2)nc1. The Morgan fingerprint density at radius 2 is 1.83 bits per heavy atom. The van der Waals surface area contributed by atoms with Gasteiger partial charge < -0.3 is 0 Å². The average molecular weight is 358 g/mol. The van der Waals surface area contributed by atoms with Gasteiger partial charge in [0.2, 0.25) is 0 Å². The van der Waals surface area contributed by atoms with Crippen molar-refractivity contribution in [1.82, 2.24) is 9.78 Å². The van der Waals surface area contributed by atoms with Crippen LogP contribution in [0.4, 0.5) is 0 Å². The fourth-order valence-corrected chi connectivity index (χ4v) is 2.48. The van der Waals surface area contributed by atoms with E-state index in [1.54, 1.807) is 41.3 Å². The van der Waals surface area contributed by atoms with Crippen molar-refractivity contribution in [3.8, 4) is 5.69 Å². The Morgan fingerprint density at radius 1 is 1.04 bits per heavy atom. The molecule has 0 saturated heterocycles. The maximum atomic E-state index is 12.1. The lowest BCUT2D eigenvalue weighted by Gasteiger charge is -2.03. The molecule has 6 heteroatoms. The van der Waals surface area contributed by atoms with E-state index in [0.29, 0.717) is 15.4 Å². The maximum Gasteiger partial charge on any atom is 0.250 e. The van der Waals surface area contributed by atoms with Gasteiger partial charge in [0, 0.05) is 6.20 Å². The Labute approximate surface area is 149 Å². The van der Waals surface area contributed by atoms with Crippen LogP contribution in [0.25, 0.3) is 5.69 Å². The predicted octanol–water partition coefficient (Wildman–Crippen LogP) is 3.85. The zero-order chi connectivity index (χ0) is 16.9. The number of nitrogens with zero attached hydrogens (tertiary/aromatic N) is 3. The number of benzene rings is 2. The van der Waals surface area contributed by atoms with E-state index in [1.807, 2.05) is 30.3 Å². The van der Waals surface area contributed by atoms with Gasteiger partial charge in [0.15, 0.2) is 0 Å². The highest BCUT2D eigenvalue weighted by atomic mass is 35.5. The summed E-state index contributed by atoms with van der Waals surface area (Å²) in [5.41, 5.74) is 1.70. The monoisotopic (exact) mass is 357 g/mol. The molecular weight excluding hydrogens is 345 g/mol. The fraction of sp³-hybridized carbons (Fsp3) is 0.0556. The summed E-state index contributed by atoms with van der Waals surface area (Å²) in [6.07, 6.45) is 3.48. The van der Waals surface area contributed by atoms with Crippen LogP contribution in [0.5, 0.6) is 0 Å². The van der Waals surface area contributed by atoms with E-state index in [2.05, 4.69) is 10.1 Å². The normalized spacial score (nSPS) is 11.5. The fourth-order valence-electron chi connectivity index (χ4n) is 2.16. The van der Waals surface area contributed by atoms with Crippen LogP contribution in [0.2, 0.25) is 10.0 Å². The lowest BCUT2D eigenvalue weighted by atomic mass is 10.1. The minimum absolute atomic E-state index is 0.157. The molecule has 1 heterocycles. The summed E-state index contributed by atoms with van der Waals surface area (Å²) in [5, 5.41) is 5.66. The van der Waals surface area contributed by atoms with Crippen LogP contribution in [0.3, 0.4) is 0 Å². The maximum absolute atomic E-state index is 12.1. The number of halogens is 2. The van der Waals surface area contributed by atoms with Crippen LogP contribution in [-0.4, -0.2) is 15.7 Å². The molecule has 0 atom stereocenters. The van der Waals surface area contributed by atoms with Crippen LogP contribution in [0, 0.1) is 0 Å². The Balaban J connectivity index is 1.76. The van der Waals surface area contributed by atoms with Gasteiger partial charge >= 0.3 is 0 Å². The van der Waals surface area contributed by atoms with Crippen molar-refractivity contribution in [2.45, 2.75) is 6.42 Å². The van der Waals surface area contributed by atoms with Gasteiger partial charge in [-0.05, 0) is 35.9 Å². The second-order valence-electron chi connectivity index (χ2n) is 5.10. The first-order valence-electron chi connectivity index (χ1n) is 7.24. The summed E-state index contributed by atoms with van der Waals surface area (Å²) in [6, 6.07) is 16.5. The van der Waals surface area contributed by atoms with Crippen molar-refractivity contribution in [1.29, 1.82) is 0 Å². The molecule has 3 aromatic rings. The third-order valence-corrected chi connectivity index (χ3v) is 4.05. The molecule has 1 aromatic heterocycles. The smallest absolute Gasteiger partial charge is 0.250 e. The molecule has 0 aliphatic carbocycles. The average Bonchev–Trinajstić information content (AvgIpc) is 2.59. The van der Waals surface area contributed by atoms with Crippen molar-refractivity contribution in [3.05, 3.63) is 88.0 Å². The highest BCUT2D eigenvalue weighted by Gasteiger charge is 2.04. The van der Waals surface area contributed by atoms with Crippen LogP contribution in [0.15, 0.2) is 72.0 Å². The molecule has 3 rings (SSSR count). The van der Waals surface area contributed by atoms with Crippen molar-refractivity contribution < 1.29 is 4.79 Å². The number of rotatable bonds is 3. The number of amides is 1. The zero-order valence-corrected chi connectivity index (χ0v) is 14.1. The standard InChI is InChI=1S/C18H13Cl2N3O/c19-16-7-6-13(10-17(16)20)11-18(24)22-14-8-9-23(21-12-14)15-4-2-1-3-5-15/h1-10,12H,11H2/b22-14-. The number of carbonyl (C=O) groups is 1. The summed E-state index contributed by atoms with van der Waals surface area (Å²) in [7, 11) is 0. The predicted molar refractivity (Wildman–Crippen MR) is 94.3 cm³/mol. The van der Waals surface area contributed by atoms with Gasteiger partial charge in [-0.25, -0.2) is 9.67 Å². The van der Waals surface area contributed by atoms with Gasteiger partial charge in [0.25, 0.3) is 5.91 Å². The molecule has 120 valence electrons. The lowest BCUT2D eigenvalue weighted by Crippen LogP contribution is -2.12. The number of aromatic nitrogens is 2. The van der Waals surface area contributed by atoms with Gasteiger partial charge in [-0.1, -0.05) is 47.5 Å². The van der Waals surface area contributed by atoms with Gasteiger partial charge in [0.1, 0.15) is 0 Å². The third-order valence-electron chi connectivity index (χ3n) is 3.31. The molecule has 0 N–H and O–H groups in total. The van der Waals surface area contributed by atoms with Crippen molar-refractivity contribution >= 4 is 29.1 Å². The minimum Gasteiger partial charge on any atom is -0.272 e. The molecule has 1 amide bonds. The minimum atomic E-state index is -0.271. The molecule has 4 nitrogen and oxygen atoms in total. The zero-order valence-electron chi connectivity index (χ0n) is 12.6. The van der Waals surface area contributed by atoms with Gasteiger partial charge in [-0.15, -0.1) is 0 Å². The van der Waals surface area contributed by atoms with Gasteiger partial charge in [0.05, 0.1) is 33.7 Å². The number of hydrogen-bond acceptors (Lipinski definition) is 2. The van der Waals surface area contributed by atoms with E-state index in [0.717, 1.165) is 11.3 Å². The Kier molecular flexibility index (Phi) is 5.08. The van der Waals surface area contributed by atoms with Crippen LogP contribution >= 0.6 is 23.2 Å². The first-order valence-corrected chi connectivity index (χ1v) is 7.99. The summed E-state index contributed by atoms with van der Waals surface area (Å²) in [5.74, 6) is -0.271. The van der Waals surface area contributed by atoms with E-state index in [4.69, 9.17) is 23.2 Å². The van der Waals surface area contributed by atoms with Crippen molar-refractivity contribution in [3.63, 3.8) is 0 Å². The molecule has 0 aliphatic heterocycles. The first kappa shape index (κ1) is 16.4. The summed E-state index contributed by atoms with van der Waals surface area (Å²) in [4.78, 5) is 16.1. The van der Waals surface area contributed by atoms with E-state index >= 15 is 0 Å². The third kappa shape index (κ3) is 4.10. The molecule has 24 heavy (non-hydrogen) atoms. The van der Waals surface area contributed by atoms with Gasteiger partial charge in [-0.3, -0.25) is 4.79 Å². The van der Waals surface area contributed by atoms with E-state index < -0.39 is 0 Å². The van der Waals surface area contributed by atoms with E-state index in [9.17, 15) is 4.79 Å². The molecule has 0 radical (unpaired) electrons. The van der Waals surface area contributed by atoms with Crippen molar-refractivity contribution in [2.24, 2.45) is 4.99 Å². The highest BCUT2D eigenvalue weighted by Crippen LogP contribution is 2.22. The van der Waals surface area contributed by atoms with Crippen molar-refractivity contribution in [2.75, 3.05) is 0 Å². The second kappa shape index (κ2) is 7.43. The molecule has 0 saturated carbocycles. The lowest BCUT2D eigenvalue weighted by molar-refractivity contribution is -0.117. The molecule has 0 unspecified atom stereocenters. The highest BCUT2D eigenvalue weighted by molar-refractivity contribution is 6.42. The number of hydrogen-bond donors (Lipinski definition) is 0. The van der Waals surface area contributed by atoms with Crippen LogP contribution in [-0.2, 0) is 11.2 Å². The van der Waals surface area contributed by atoms with E-state index in [1.165, 1.54) is 0 Å². The quantitative estimate of drug-likeness (QED) is 0.714. The number of para-hydroxylation sites is 1. The summed E-state index contributed by atoms with van der Waals surface area (Å²) >= 11 is 11.8. The largest absolute Gasteiger partial charge is 0.272 e. The topological polar surface area (TPSA) is 47.2 Å².